The molecule has 1 heterocycles. The lowest BCUT2D eigenvalue weighted by Gasteiger charge is -2.16. The van der Waals surface area contributed by atoms with Crippen LogP contribution in [0.4, 0.5) is 4.79 Å². The Morgan fingerprint density at radius 1 is 1.26 bits per heavy atom. The minimum atomic E-state index is -3.31. The Morgan fingerprint density at radius 3 is 2.57 bits per heavy atom. The number of hydrogen-bond acceptors (Lipinski definition) is 4. The molecule has 1 aliphatic heterocycles. The van der Waals surface area contributed by atoms with Gasteiger partial charge >= 0.3 is 12.0 Å². The molecule has 8 heteroatoms. The van der Waals surface area contributed by atoms with Crippen molar-refractivity contribution in [2.24, 2.45) is 5.92 Å². The second kappa shape index (κ2) is 7.45. The minimum Gasteiger partial charge on any atom is -0.481 e. The van der Waals surface area contributed by atoms with Crippen molar-refractivity contribution in [3.8, 4) is 0 Å². The van der Waals surface area contributed by atoms with Gasteiger partial charge in [0.25, 0.3) is 0 Å². The molecule has 1 aromatic rings. The topological polar surface area (TPSA) is 104 Å². The van der Waals surface area contributed by atoms with Gasteiger partial charge in [-0.1, -0.05) is 30.3 Å². The van der Waals surface area contributed by atoms with E-state index in [4.69, 9.17) is 5.11 Å². The number of carbonyl (C=O) groups excluding carboxylic acids is 1. The molecule has 1 atom stereocenters. The fraction of sp³-hybridized carbons (Fsp3) is 0.467. The average molecular weight is 340 g/mol. The number of rotatable bonds is 6. The second-order valence-electron chi connectivity index (χ2n) is 5.58. The van der Waals surface area contributed by atoms with Crippen molar-refractivity contribution in [3.63, 3.8) is 0 Å². The summed E-state index contributed by atoms with van der Waals surface area (Å²) < 4.78 is 24.0. The van der Waals surface area contributed by atoms with E-state index in [1.165, 1.54) is 4.90 Å². The number of amides is 2. The number of nitrogens with one attached hydrogen (secondary N) is 1. The number of nitrogens with zero attached hydrogens (tertiary/aromatic N) is 1. The molecular formula is C15H20N2O5S. The summed E-state index contributed by atoms with van der Waals surface area (Å²) in [4.78, 5) is 24.1. The molecule has 1 aromatic carbocycles. The Bertz CT molecular complexity index is 660. The Hall–Kier alpha value is -2.09. The number of sulfone groups is 1. The van der Waals surface area contributed by atoms with Crippen LogP contribution in [0.3, 0.4) is 0 Å². The largest absolute Gasteiger partial charge is 0.481 e. The predicted molar refractivity (Wildman–Crippen MR) is 84.6 cm³/mol. The van der Waals surface area contributed by atoms with E-state index >= 15 is 0 Å². The van der Waals surface area contributed by atoms with Gasteiger partial charge < -0.3 is 15.3 Å². The highest BCUT2D eigenvalue weighted by Crippen LogP contribution is 2.16. The smallest absolute Gasteiger partial charge is 0.317 e. The summed E-state index contributed by atoms with van der Waals surface area (Å²) >= 11 is 0. The molecule has 2 N–H and O–H groups in total. The standard InChI is InChI=1S/C15H20N2O5S/c18-14(19)13-6-8-17(10-13)15(20)16-7-9-23(21,22)11-12-4-2-1-3-5-12/h1-5,13H,6-11H2,(H,16,20)(H,18,19). The van der Waals surface area contributed by atoms with Gasteiger partial charge in [0.05, 0.1) is 17.4 Å². The maximum atomic E-state index is 12.0. The lowest BCUT2D eigenvalue weighted by molar-refractivity contribution is -0.141. The van der Waals surface area contributed by atoms with Crippen molar-refractivity contribution in [2.75, 3.05) is 25.4 Å². The predicted octanol–water partition coefficient (Wildman–Crippen LogP) is 0.718. The molecule has 0 saturated carbocycles. The number of likely N-dealkylation sites (tertiary alicyclic amines) is 1. The SMILES string of the molecule is O=C(O)C1CCN(C(=O)NCCS(=O)(=O)Cc2ccccc2)C1. The first-order valence-electron chi connectivity index (χ1n) is 7.37. The van der Waals surface area contributed by atoms with Gasteiger partial charge in [-0.3, -0.25) is 4.79 Å². The van der Waals surface area contributed by atoms with Crippen LogP contribution in [0.1, 0.15) is 12.0 Å². The molecule has 23 heavy (non-hydrogen) atoms. The summed E-state index contributed by atoms with van der Waals surface area (Å²) in [5.41, 5.74) is 0.711. The summed E-state index contributed by atoms with van der Waals surface area (Å²) in [7, 11) is -3.31. The molecule has 0 bridgehead atoms. The quantitative estimate of drug-likeness (QED) is 0.794. The van der Waals surface area contributed by atoms with Crippen LogP contribution in [0.15, 0.2) is 30.3 Å². The molecular weight excluding hydrogens is 320 g/mol. The molecule has 1 fully saturated rings. The number of carbonyl (C=O) groups is 2. The Morgan fingerprint density at radius 2 is 1.96 bits per heavy atom. The summed E-state index contributed by atoms with van der Waals surface area (Å²) in [5, 5.41) is 11.4. The van der Waals surface area contributed by atoms with Crippen LogP contribution in [0, 0.1) is 5.92 Å². The molecule has 7 nitrogen and oxygen atoms in total. The molecule has 0 aromatic heterocycles. The van der Waals surface area contributed by atoms with E-state index in [9.17, 15) is 18.0 Å². The van der Waals surface area contributed by atoms with Crippen LogP contribution in [0.5, 0.6) is 0 Å². The van der Waals surface area contributed by atoms with E-state index < -0.39 is 27.8 Å². The van der Waals surface area contributed by atoms with Crippen molar-refractivity contribution < 1.29 is 23.1 Å². The Labute approximate surface area is 135 Å². The minimum absolute atomic E-state index is 0.0161. The molecule has 1 unspecified atom stereocenters. The van der Waals surface area contributed by atoms with Gasteiger partial charge in [0.1, 0.15) is 0 Å². The van der Waals surface area contributed by atoms with Crippen LogP contribution in [0.25, 0.3) is 0 Å². The maximum absolute atomic E-state index is 12.0. The average Bonchev–Trinajstić information content (AvgIpc) is 2.97. The molecule has 0 radical (unpaired) electrons. The third kappa shape index (κ3) is 5.24. The van der Waals surface area contributed by atoms with Crippen molar-refractivity contribution >= 4 is 21.8 Å². The summed E-state index contributed by atoms with van der Waals surface area (Å²) in [6, 6.07) is 8.44. The van der Waals surface area contributed by atoms with E-state index in [1.807, 2.05) is 6.07 Å². The van der Waals surface area contributed by atoms with Gasteiger partial charge in [-0.25, -0.2) is 13.2 Å². The molecule has 0 spiro atoms. The van der Waals surface area contributed by atoms with E-state index in [1.54, 1.807) is 24.3 Å². The molecule has 2 rings (SSSR count). The number of carboxylic acids is 1. The highest BCUT2D eigenvalue weighted by molar-refractivity contribution is 7.90. The number of benzene rings is 1. The lowest BCUT2D eigenvalue weighted by Crippen LogP contribution is -2.40. The van der Waals surface area contributed by atoms with Gasteiger partial charge in [-0.15, -0.1) is 0 Å². The summed E-state index contributed by atoms with van der Waals surface area (Å²) in [6.07, 6.45) is 0.426. The van der Waals surface area contributed by atoms with Gasteiger partial charge in [0.15, 0.2) is 9.84 Å². The maximum Gasteiger partial charge on any atom is 0.317 e. The van der Waals surface area contributed by atoms with Crippen LogP contribution in [-0.4, -0.2) is 55.8 Å². The van der Waals surface area contributed by atoms with Gasteiger partial charge in [-0.2, -0.15) is 0 Å². The zero-order valence-corrected chi connectivity index (χ0v) is 13.5. The molecule has 1 aliphatic rings. The van der Waals surface area contributed by atoms with E-state index in [0.717, 1.165) is 0 Å². The first-order valence-corrected chi connectivity index (χ1v) is 9.19. The van der Waals surface area contributed by atoms with Crippen LogP contribution < -0.4 is 5.32 Å². The van der Waals surface area contributed by atoms with E-state index in [2.05, 4.69) is 5.32 Å². The molecule has 2 amide bonds. The normalized spacial score (nSPS) is 17.9. The highest BCUT2D eigenvalue weighted by atomic mass is 32.2. The number of carboxylic acid groups (broad SMARTS) is 1. The fourth-order valence-corrected chi connectivity index (χ4v) is 3.73. The van der Waals surface area contributed by atoms with Crippen molar-refractivity contribution in [1.29, 1.82) is 0 Å². The first-order chi connectivity index (χ1) is 10.9. The Kier molecular flexibility index (Phi) is 5.59. The molecule has 0 aliphatic carbocycles. The Balaban J connectivity index is 1.76. The van der Waals surface area contributed by atoms with Gasteiger partial charge in [0, 0.05) is 19.6 Å². The molecule has 1 saturated heterocycles. The third-order valence-corrected chi connectivity index (χ3v) is 5.34. The third-order valence-electron chi connectivity index (χ3n) is 3.74. The zero-order chi connectivity index (χ0) is 16.9. The number of hydrogen-bond donors (Lipinski definition) is 2. The van der Waals surface area contributed by atoms with Gasteiger partial charge in [-0.05, 0) is 12.0 Å². The van der Waals surface area contributed by atoms with Crippen LogP contribution >= 0.6 is 0 Å². The molecule has 126 valence electrons. The summed E-state index contributed by atoms with van der Waals surface area (Å²) in [5.74, 6) is -1.66. The van der Waals surface area contributed by atoms with Gasteiger partial charge in [0.2, 0.25) is 0 Å². The van der Waals surface area contributed by atoms with Crippen LogP contribution in [0.2, 0.25) is 0 Å². The lowest BCUT2D eigenvalue weighted by atomic mass is 10.1. The van der Waals surface area contributed by atoms with Crippen molar-refractivity contribution in [2.45, 2.75) is 12.2 Å². The van der Waals surface area contributed by atoms with Crippen LogP contribution in [-0.2, 0) is 20.4 Å². The van der Waals surface area contributed by atoms with E-state index in [0.29, 0.717) is 18.5 Å². The first kappa shape index (κ1) is 17.3. The van der Waals surface area contributed by atoms with Crippen molar-refractivity contribution in [1.82, 2.24) is 10.2 Å². The monoisotopic (exact) mass is 340 g/mol. The highest BCUT2D eigenvalue weighted by Gasteiger charge is 2.30. The summed E-state index contributed by atoms with van der Waals surface area (Å²) in [6.45, 7) is 0.555. The fourth-order valence-electron chi connectivity index (χ4n) is 2.47. The zero-order valence-electron chi connectivity index (χ0n) is 12.6. The second-order valence-corrected chi connectivity index (χ2v) is 7.76. The van der Waals surface area contributed by atoms with Crippen molar-refractivity contribution in [3.05, 3.63) is 35.9 Å². The number of aliphatic carboxylic acids is 1. The van der Waals surface area contributed by atoms with E-state index in [-0.39, 0.29) is 24.6 Å². The number of urea groups is 1.